The van der Waals surface area contributed by atoms with Gasteiger partial charge in [-0.15, -0.1) is 0 Å². The molecule has 0 atom stereocenters. The van der Waals surface area contributed by atoms with Crippen molar-refractivity contribution in [3.05, 3.63) is 34.3 Å². The van der Waals surface area contributed by atoms with Crippen molar-refractivity contribution in [3.8, 4) is 0 Å². The molecule has 1 aromatic carbocycles. The van der Waals surface area contributed by atoms with Crippen LogP contribution in [0.15, 0.2) is 28.7 Å². The number of halogens is 1. The normalized spacial score (nSPS) is 14.6. The fraction of sp³-hybridized carbons (Fsp3) is 0.429. The Morgan fingerprint density at radius 3 is 2.55 bits per heavy atom. The summed E-state index contributed by atoms with van der Waals surface area (Å²) in [6.07, 6.45) is 1.45. The number of amides is 1. The van der Waals surface area contributed by atoms with Gasteiger partial charge in [-0.3, -0.25) is 9.59 Å². The van der Waals surface area contributed by atoms with Crippen molar-refractivity contribution in [1.29, 1.82) is 0 Å². The lowest BCUT2D eigenvalue weighted by Gasteiger charge is -2.20. The predicted octanol–water partition coefficient (Wildman–Crippen LogP) is 1.44. The van der Waals surface area contributed by atoms with E-state index in [0.29, 0.717) is 5.56 Å². The summed E-state index contributed by atoms with van der Waals surface area (Å²) in [6.45, 7) is -0.449. The second kappa shape index (κ2) is 6.78. The van der Waals surface area contributed by atoms with E-state index in [1.807, 2.05) is 0 Å². The summed E-state index contributed by atoms with van der Waals surface area (Å²) in [5.41, 5.74) is 0.582. The maximum absolute atomic E-state index is 12.1. The molecule has 0 aromatic heterocycles. The summed E-state index contributed by atoms with van der Waals surface area (Å²) in [4.78, 5) is 24.1. The minimum atomic E-state index is -3.64. The first-order valence-electron chi connectivity index (χ1n) is 6.73. The van der Waals surface area contributed by atoms with Crippen LogP contribution in [-0.2, 0) is 25.2 Å². The lowest BCUT2D eigenvalue weighted by molar-refractivity contribution is -0.143. The fourth-order valence-electron chi connectivity index (χ4n) is 2.16. The largest absolute Gasteiger partial charge is 0.480 e. The molecule has 1 N–H and O–H groups in total. The highest BCUT2D eigenvalue weighted by atomic mass is 79.9. The molecule has 1 amide bonds. The van der Waals surface area contributed by atoms with Crippen LogP contribution in [0.2, 0.25) is 0 Å². The van der Waals surface area contributed by atoms with Gasteiger partial charge in [0.1, 0.15) is 12.3 Å². The fourth-order valence-corrected chi connectivity index (χ4v) is 3.93. The molecule has 0 bridgehead atoms. The third-order valence-electron chi connectivity index (χ3n) is 3.23. The summed E-state index contributed by atoms with van der Waals surface area (Å²) >= 11 is 3.26. The molecular weight excluding hydrogens is 374 g/mol. The van der Waals surface area contributed by atoms with Crippen LogP contribution in [0.3, 0.4) is 0 Å². The number of sulfone groups is 1. The van der Waals surface area contributed by atoms with Gasteiger partial charge < -0.3 is 10.0 Å². The van der Waals surface area contributed by atoms with E-state index in [-0.39, 0.29) is 11.8 Å². The monoisotopic (exact) mass is 389 g/mol. The Bertz CT molecular complexity index is 684. The average molecular weight is 390 g/mol. The molecule has 8 heteroatoms. The second-order valence-electron chi connectivity index (χ2n) is 5.31. The molecule has 120 valence electrons. The molecule has 0 unspecified atom stereocenters. The number of carbonyl (C=O) groups is 2. The van der Waals surface area contributed by atoms with Crippen LogP contribution < -0.4 is 0 Å². The van der Waals surface area contributed by atoms with Gasteiger partial charge >= 0.3 is 5.97 Å². The molecule has 0 aliphatic heterocycles. The molecule has 6 nitrogen and oxygen atoms in total. The van der Waals surface area contributed by atoms with Crippen LogP contribution >= 0.6 is 15.9 Å². The Hall–Kier alpha value is -1.41. The van der Waals surface area contributed by atoms with Gasteiger partial charge in [0.25, 0.3) is 0 Å². The van der Waals surface area contributed by atoms with Crippen molar-refractivity contribution in [3.63, 3.8) is 0 Å². The highest BCUT2D eigenvalue weighted by Crippen LogP contribution is 2.27. The van der Waals surface area contributed by atoms with Gasteiger partial charge in [0.2, 0.25) is 5.91 Å². The Labute approximate surface area is 137 Å². The zero-order valence-electron chi connectivity index (χ0n) is 11.7. The summed E-state index contributed by atoms with van der Waals surface area (Å²) in [6, 6.07) is 6.71. The highest BCUT2D eigenvalue weighted by Gasteiger charge is 2.35. The average Bonchev–Trinajstić information content (AvgIpc) is 3.18. The van der Waals surface area contributed by atoms with Gasteiger partial charge in [-0.25, -0.2) is 8.42 Å². The SMILES string of the molecule is O=C(O)CN(C(=O)CS(=O)(=O)Cc1cccc(Br)c1)C1CC1. The highest BCUT2D eigenvalue weighted by molar-refractivity contribution is 9.10. The number of hydrogen-bond acceptors (Lipinski definition) is 4. The summed E-state index contributed by atoms with van der Waals surface area (Å²) in [7, 11) is -3.64. The Morgan fingerprint density at radius 1 is 1.32 bits per heavy atom. The van der Waals surface area contributed by atoms with Crippen molar-refractivity contribution in [1.82, 2.24) is 4.90 Å². The van der Waals surface area contributed by atoms with E-state index in [2.05, 4.69) is 15.9 Å². The van der Waals surface area contributed by atoms with Gasteiger partial charge in [0, 0.05) is 10.5 Å². The molecule has 0 spiro atoms. The van der Waals surface area contributed by atoms with Crippen molar-refractivity contribution in [2.24, 2.45) is 0 Å². The number of hydrogen-bond donors (Lipinski definition) is 1. The van der Waals surface area contributed by atoms with E-state index >= 15 is 0 Å². The lowest BCUT2D eigenvalue weighted by atomic mass is 10.2. The minimum Gasteiger partial charge on any atom is -0.480 e. The number of carboxylic acids is 1. The van der Waals surface area contributed by atoms with E-state index in [4.69, 9.17) is 5.11 Å². The Morgan fingerprint density at radius 2 is 2.00 bits per heavy atom. The molecule has 0 saturated heterocycles. The maximum Gasteiger partial charge on any atom is 0.323 e. The number of carbonyl (C=O) groups excluding carboxylic acids is 1. The molecule has 2 rings (SSSR count). The molecular formula is C14H16BrNO5S. The van der Waals surface area contributed by atoms with Gasteiger partial charge in [-0.2, -0.15) is 0 Å². The molecule has 1 aliphatic carbocycles. The molecule has 22 heavy (non-hydrogen) atoms. The third-order valence-corrected chi connectivity index (χ3v) is 5.19. The lowest BCUT2D eigenvalue weighted by Crippen LogP contribution is -2.41. The molecule has 1 saturated carbocycles. The van der Waals surface area contributed by atoms with Crippen molar-refractivity contribution < 1.29 is 23.1 Å². The first kappa shape index (κ1) is 17.0. The van der Waals surface area contributed by atoms with Crippen molar-refractivity contribution in [2.75, 3.05) is 12.3 Å². The number of aliphatic carboxylic acids is 1. The standard InChI is InChI=1S/C14H16BrNO5S/c15-11-3-1-2-10(6-11)8-22(20,21)9-13(17)16(7-14(18)19)12-4-5-12/h1-3,6,12H,4-5,7-9H2,(H,18,19). The first-order chi connectivity index (χ1) is 10.3. The summed E-state index contributed by atoms with van der Waals surface area (Å²) < 4.78 is 25.1. The molecule has 1 aromatic rings. The molecule has 1 aliphatic rings. The number of carboxylic acid groups (broad SMARTS) is 1. The van der Waals surface area contributed by atoms with Crippen LogP contribution in [0, 0.1) is 0 Å². The molecule has 0 heterocycles. The van der Waals surface area contributed by atoms with Crippen LogP contribution in [0.4, 0.5) is 0 Å². The number of nitrogens with zero attached hydrogens (tertiary/aromatic N) is 1. The van der Waals surface area contributed by atoms with Crippen LogP contribution in [0.1, 0.15) is 18.4 Å². The van der Waals surface area contributed by atoms with Gasteiger partial charge in [0.05, 0.1) is 5.75 Å². The minimum absolute atomic E-state index is 0.135. The first-order valence-corrected chi connectivity index (χ1v) is 9.34. The predicted molar refractivity (Wildman–Crippen MR) is 84.0 cm³/mol. The molecule has 1 fully saturated rings. The zero-order valence-corrected chi connectivity index (χ0v) is 14.1. The zero-order chi connectivity index (χ0) is 16.3. The van der Waals surface area contributed by atoms with Crippen LogP contribution in [0.5, 0.6) is 0 Å². The van der Waals surface area contributed by atoms with E-state index in [0.717, 1.165) is 22.2 Å². The maximum atomic E-state index is 12.1. The van der Waals surface area contributed by atoms with Gasteiger partial charge in [-0.1, -0.05) is 28.1 Å². The summed E-state index contributed by atoms with van der Waals surface area (Å²) in [5, 5.41) is 8.82. The van der Waals surface area contributed by atoms with E-state index < -0.39 is 34.0 Å². The number of benzene rings is 1. The topological polar surface area (TPSA) is 91.8 Å². The number of rotatable bonds is 7. The Kier molecular flexibility index (Phi) is 5.23. The summed E-state index contributed by atoms with van der Waals surface area (Å²) in [5.74, 6) is -2.68. The van der Waals surface area contributed by atoms with Crippen LogP contribution in [-0.4, -0.2) is 48.6 Å². The van der Waals surface area contributed by atoms with E-state index in [1.54, 1.807) is 24.3 Å². The van der Waals surface area contributed by atoms with Gasteiger partial charge in [0.15, 0.2) is 9.84 Å². The molecule has 0 radical (unpaired) electrons. The quantitative estimate of drug-likeness (QED) is 0.761. The van der Waals surface area contributed by atoms with Crippen molar-refractivity contribution >= 4 is 37.6 Å². The van der Waals surface area contributed by atoms with Gasteiger partial charge in [-0.05, 0) is 30.5 Å². The Balaban J connectivity index is 2.03. The smallest absolute Gasteiger partial charge is 0.323 e. The van der Waals surface area contributed by atoms with Crippen molar-refractivity contribution in [2.45, 2.75) is 24.6 Å². The van der Waals surface area contributed by atoms with E-state index in [9.17, 15) is 18.0 Å². The van der Waals surface area contributed by atoms with Crippen LogP contribution in [0.25, 0.3) is 0 Å². The third kappa shape index (κ3) is 5.10. The second-order valence-corrected chi connectivity index (χ2v) is 8.29. The van der Waals surface area contributed by atoms with E-state index in [1.165, 1.54) is 0 Å².